The summed E-state index contributed by atoms with van der Waals surface area (Å²) in [7, 11) is -3.81. The van der Waals surface area contributed by atoms with Crippen molar-refractivity contribution in [1.82, 2.24) is 10.9 Å². The topological polar surface area (TPSA) is 130 Å². The van der Waals surface area contributed by atoms with Gasteiger partial charge >= 0.3 is 6.03 Å². The van der Waals surface area contributed by atoms with Crippen LogP contribution in [0.1, 0.15) is 6.42 Å². The summed E-state index contributed by atoms with van der Waals surface area (Å²) >= 11 is 1.38. The predicted molar refractivity (Wildman–Crippen MR) is 99.9 cm³/mol. The van der Waals surface area contributed by atoms with Gasteiger partial charge in [-0.15, -0.1) is 11.8 Å². The monoisotopic (exact) mass is 412 g/mol. The maximum atomic E-state index is 12.8. The lowest BCUT2D eigenvalue weighted by atomic mass is 10.3. The maximum absolute atomic E-state index is 12.8. The van der Waals surface area contributed by atoms with Gasteiger partial charge in [0.15, 0.2) is 0 Å². The summed E-state index contributed by atoms with van der Waals surface area (Å²) in [6.07, 6.45) is 0.144. The zero-order valence-electron chi connectivity index (χ0n) is 13.9. The lowest BCUT2D eigenvalue weighted by molar-refractivity contribution is -0.121. The molecule has 0 saturated carbocycles. The number of primary sulfonamides is 1. The van der Waals surface area contributed by atoms with Crippen molar-refractivity contribution in [2.24, 2.45) is 5.14 Å². The number of sulfonamides is 1. The molecule has 0 fully saturated rings. The fraction of sp³-hybridized carbons (Fsp3) is 0.125. The molecular formula is C16H17FN4O4S2. The van der Waals surface area contributed by atoms with E-state index in [1.165, 1.54) is 48.2 Å². The zero-order valence-corrected chi connectivity index (χ0v) is 15.6. The summed E-state index contributed by atoms with van der Waals surface area (Å²) in [6.45, 7) is 0. The number of nitrogens with two attached hydrogens (primary N) is 1. The van der Waals surface area contributed by atoms with Gasteiger partial charge in [0.2, 0.25) is 15.9 Å². The van der Waals surface area contributed by atoms with Gasteiger partial charge in [-0.25, -0.2) is 28.2 Å². The molecule has 5 N–H and O–H groups in total. The highest BCUT2D eigenvalue weighted by Gasteiger charge is 2.09. The summed E-state index contributed by atoms with van der Waals surface area (Å²) in [5.41, 5.74) is 4.74. The number of hydrogen-bond donors (Lipinski definition) is 4. The average molecular weight is 412 g/mol. The molecule has 0 spiro atoms. The third-order valence-corrected chi connectivity index (χ3v) is 5.11. The molecule has 2 aromatic rings. The molecule has 0 aliphatic carbocycles. The third kappa shape index (κ3) is 7.25. The largest absolute Gasteiger partial charge is 0.337 e. The van der Waals surface area contributed by atoms with Crippen molar-refractivity contribution in [2.75, 3.05) is 11.1 Å². The van der Waals surface area contributed by atoms with Gasteiger partial charge in [0.25, 0.3) is 0 Å². The first-order chi connectivity index (χ1) is 12.7. The molecule has 8 nitrogen and oxygen atoms in total. The van der Waals surface area contributed by atoms with Crippen molar-refractivity contribution in [3.63, 3.8) is 0 Å². The number of hydrogen-bond acceptors (Lipinski definition) is 5. The molecule has 0 aromatic heterocycles. The Hall–Kier alpha value is -2.63. The highest BCUT2D eigenvalue weighted by Crippen LogP contribution is 2.18. The molecule has 0 saturated heterocycles. The molecule has 27 heavy (non-hydrogen) atoms. The number of anilines is 1. The van der Waals surface area contributed by atoms with Crippen LogP contribution >= 0.6 is 11.8 Å². The van der Waals surface area contributed by atoms with E-state index < -0.39 is 22.0 Å². The molecule has 0 heterocycles. The first-order valence-electron chi connectivity index (χ1n) is 7.61. The zero-order chi connectivity index (χ0) is 19.9. The summed E-state index contributed by atoms with van der Waals surface area (Å²) in [6, 6.07) is 10.4. The Bertz CT molecular complexity index is 903. The highest BCUT2D eigenvalue weighted by molar-refractivity contribution is 7.99. The average Bonchev–Trinajstić information content (AvgIpc) is 2.61. The van der Waals surface area contributed by atoms with E-state index in [9.17, 15) is 22.4 Å². The van der Waals surface area contributed by atoms with Crippen molar-refractivity contribution < 1.29 is 22.4 Å². The minimum absolute atomic E-state index is 0.0829. The molecule has 0 aliphatic heterocycles. The van der Waals surface area contributed by atoms with Gasteiger partial charge in [-0.05, 0) is 48.5 Å². The second kappa shape index (κ2) is 9.35. The smallest absolute Gasteiger partial charge is 0.307 e. The van der Waals surface area contributed by atoms with Crippen molar-refractivity contribution in [3.8, 4) is 0 Å². The van der Waals surface area contributed by atoms with Crippen molar-refractivity contribution in [3.05, 3.63) is 54.3 Å². The molecule has 3 amide bonds. The second-order valence-electron chi connectivity index (χ2n) is 5.25. The normalized spacial score (nSPS) is 10.9. The maximum Gasteiger partial charge on any atom is 0.337 e. The van der Waals surface area contributed by atoms with E-state index in [0.717, 1.165) is 4.90 Å². The van der Waals surface area contributed by atoms with Crippen LogP contribution in [-0.4, -0.2) is 26.1 Å². The lowest BCUT2D eigenvalue weighted by Gasteiger charge is -2.09. The van der Waals surface area contributed by atoms with Crippen LogP contribution in [0.3, 0.4) is 0 Å². The standard InChI is InChI=1S/C16H17FN4O4S2/c17-11-1-5-13(6-2-11)26-10-9-15(22)20-21-16(23)19-12-3-7-14(8-4-12)27(18,24)25/h1-8H,9-10H2,(H,20,22)(H2,18,24,25)(H2,19,21,23). The first-order valence-corrected chi connectivity index (χ1v) is 10.1. The lowest BCUT2D eigenvalue weighted by Crippen LogP contribution is -2.44. The summed E-state index contributed by atoms with van der Waals surface area (Å²) in [5.74, 6) is -0.272. The van der Waals surface area contributed by atoms with Crippen LogP contribution in [0.25, 0.3) is 0 Å². The quantitative estimate of drug-likeness (QED) is 0.425. The third-order valence-electron chi connectivity index (χ3n) is 3.17. The Morgan fingerprint density at radius 1 is 1.00 bits per heavy atom. The number of benzene rings is 2. The van der Waals surface area contributed by atoms with Crippen LogP contribution in [0.15, 0.2) is 58.3 Å². The van der Waals surface area contributed by atoms with Crippen molar-refractivity contribution >= 4 is 39.4 Å². The van der Waals surface area contributed by atoms with Gasteiger partial charge in [-0.2, -0.15) is 0 Å². The number of urea groups is 1. The molecule has 11 heteroatoms. The second-order valence-corrected chi connectivity index (χ2v) is 7.98. The molecule has 144 valence electrons. The molecule has 0 bridgehead atoms. The number of rotatable bonds is 6. The van der Waals surface area contributed by atoms with E-state index in [4.69, 9.17) is 5.14 Å². The van der Waals surface area contributed by atoms with E-state index in [-0.39, 0.29) is 17.1 Å². The van der Waals surface area contributed by atoms with Crippen LogP contribution in [0.5, 0.6) is 0 Å². The number of halogens is 1. The van der Waals surface area contributed by atoms with Crippen LogP contribution in [0.2, 0.25) is 0 Å². The fourth-order valence-corrected chi connectivity index (χ4v) is 3.24. The summed E-state index contributed by atoms with van der Waals surface area (Å²) in [4.78, 5) is 24.1. The minimum Gasteiger partial charge on any atom is -0.307 e. The van der Waals surface area contributed by atoms with Crippen molar-refractivity contribution in [2.45, 2.75) is 16.2 Å². The summed E-state index contributed by atoms with van der Waals surface area (Å²) in [5, 5.41) is 7.40. The van der Waals surface area contributed by atoms with E-state index in [1.807, 2.05) is 0 Å². The Morgan fingerprint density at radius 3 is 2.22 bits per heavy atom. The van der Waals surface area contributed by atoms with Crippen LogP contribution in [0.4, 0.5) is 14.9 Å². The van der Waals surface area contributed by atoms with E-state index in [2.05, 4.69) is 16.2 Å². The number of carbonyl (C=O) groups excluding carboxylic acids is 2. The number of thioether (sulfide) groups is 1. The number of carbonyl (C=O) groups is 2. The Balaban J connectivity index is 1.70. The molecular weight excluding hydrogens is 395 g/mol. The molecule has 2 rings (SSSR count). The SMILES string of the molecule is NS(=O)(=O)c1ccc(NC(=O)NNC(=O)CCSc2ccc(F)cc2)cc1. The first kappa shape index (κ1) is 20.7. The van der Waals surface area contributed by atoms with Gasteiger partial charge in [0, 0.05) is 22.8 Å². The van der Waals surface area contributed by atoms with Gasteiger partial charge in [-0.3, -0.25) is 10.2 Å². The van der Waals surface area contributed by atoms with E-state index in [1.54, 1.807) is 12.1 Å². The van der Waals surface area contributed by atoms with Crippen LogP contribution < -0.4 is 21.3 Å². The minimum atomic E-state index is -3.81. The van der Waals surface area contributed by atoms with Crippen molar-refractivity contribution in [1.29, 1.82) is 0 Å². The molecule has 0 unspecified atom stereocenters. The van der Waals surface area contributed by atoms with Crippen LogP contribution in [-0.2, 0) is 14.8 Å². The molecule has 0 atom stereocenters. The Kier molecular flexibility index (Phi) is 7.16. The highest BCUT2D eigenvalue weighted by atomic mass is 32.2. The van der Waals surface area contributed by atoms with E-state index >= 15 is 0 Å². The molecule has 2 aromatic carbocycles. The number of amides is 3. The predicted octanol–water partition coefficient (Wildman–Crippen LogP) is 1.81. The molecule has 0 aliphatic rings. The molecule has 0 radical (unpaired) electrons. The Labute approximate surface area is 159 Å². The fourth-order valence-electron chi connectivity index (χ4n) is 1.87. The van der Waals surface area contributed by atoms with Gasteiger partial charge < -0.3 is 5.32 Å². The van der Waals surface area contributed by atoms with Gasteiger partial charge in [0.1, 0.15) is 5.82 Å². The number of hydrazine groups is 1. The summed E-state index contributed by atoms with van der Waals surface area (Å²) < 4.78 is 35.1. The van der Waals surface area contributed by atoms with Crippen LogP contribution in [0, 0.1) is 5.82 Å². The van der Waals surface area contributed by atoms with E-state index in [0.29, 0.717) is 11.4 Å². The van der Waals surface area contributed by atoms with Gasteiger partial charge in [-0.1, -0.05) is 0 Å². The Morgan fingerprint density at radius 2 is 1.63 bits per heavy atom. The van der Waals surface area contributed by atoms with Gasteiger partial charge in [0.05, 0.1) is 4.90 Å². The number of nitrogens with one attached hydrogen (secondary N) is 3.